The first-order valence-corrected chi connectivity index (χ1v) is 8.24. The number of hydrogen-bond donors (Lipinski definition) is 3. The minimum Gasteiger partial charge on any atom is -0.385 e. The number of guanidine groups is 1. The van der Waals surface area contributed by atoms with Crippen LogP contribution in [0, 0.1) is 5.41 Å². The molecule has 0 heterocycles. The first-order valence-electron chi connectivity index (χ1n) is 8.24. The largest absolute Gasteiger partial charge is 0.385 e. The maximum absolute atomic E-state index is 11.6. The van der Waals surface area contributed by atoms with Gasteiger partial charge in [-0.05, 0) is 38.5 Å². The molecule has 0 unspecified atom stereocenters. The van der Waals surface area contributed by atoms with E-state index in [4.69, 9.17) is 4.74 Å². The molecule has 1 amide bonds. The van der Waals surface area contributed by atoms with Crippen molar-refractivity contribution in [2.45, 2.75) is 52.0 Å². The van der Waals surface area contributed by atoms with Gasteiger partial charge in [0.15, 0.2) is 5.96 Å². The molecule has 1 aliphatic rings. The maximum atomic E-state index is 11.6. The van der Waals surface area contributed by atoms with Crippen LogP contribution in [0.2, 0.25) is 0 Å². The Balaban J connectivity index is 2.26. The Morgan fingerprint density at radius 2 is 2.05 bits per heavy atom. The molecule has 22 heavy (non-hydrogen) atoms. The molecule has 0 radical (unpaired) electrons. The molecule has 0 aromatic rings. The summed E-state index contributed by atoms with van der Waals surface area (Å²) in [6, 6.07) is 0.184. The van der Waals surface area contributed by atoms with Crippen molar-refractivity contribution < 1.29 is 9.53 Å². The number of aliphatic imine (C=N–C) groups is 1. The van der Waals surface area contributed by atoms with Crippen LogP contribution >= 0.6 is 0 Å². The molecule has 1 aliphatic carbocycles. The highest BCUT2D eigenvalue weighted by molar-refractivity contribution is 5.81. The van der Waals surface area contributed by atoms with Gasteiger partial charge in [0.1, 0.15) is 0 Å². The second-order valence-corrected chi connectivity index (χ2v) is 6.42. The van der Waals surface area contributed by atoms with Crippen LogP contribution in [-0.4, -0.2) is 51.8 Å². The van der Waals surface area contributed by atoms with E-state index in [1.165, 1.54) is 19.3 Å². The van der Waals surface area contributed by atoms with E-state index in [1.807, 2.05) is 13.8 Å². The number of ether oxygens (including phenoxy) is 1. The normalized spacial score (nSPS) is 17.0. The second kappa shape index (κ2) is 9.66. The number of nitrogens with zero attached hydrogens (tertiary/aromatic N) is 1. The van der Waals surface area contributed by atoms with Gasteiger partial charge in [0.25, 0.3) is 0 Å². The molecular formula is C16H32N4O2. The van der Waals surface area contributed by atoms with Gasteiger partial charge in [0, 0.05) is 46.3 Å². The average Bonchev–Trinajstić information content (AvgIpc) is 2.42. The lowest BCUT2D eigenvalue weighted by atomic mass is 9.67. The Hall–Kier alpha value is -1.30. The minimum atomic E-state index is 0.0634. The predicted octanol–water partition coefficient (Wildman–Crippen LogP) is 1.27. The summed E-state index contributed by atoms with van der Waals surface area (Å²) in [5.74, 6) is 0.828. The summed E-state index contributed by atoms with van der Waals surface area (Å²) in [6.07, 6.45) is 5.33. The Morgan fingerprint density at radius 3 is 2.55 bits per heavy atom. The molecule has 0 atom stereocenters. The van der Waals surface area contributed by atoms with E-state index in [0.717, 1.165) is 25.5 Å². The lowest BCUT2D eigenvalue weighted by molar-refractivity contribution is -0.121. The summed E-state index contributed by atoms with van der Waals surface area (Å²) in [7, 11) is 3.51. The van der Waals surface area contributed by atoms with Crippen molar-refractivity contribution in [2.75, 3.05) is 33.9 Å². The van der Waals surface area contributed by atoms with E-state index >= 15 is 0 Å². The van der Waals surface area contributed by atoms with Crippen molar-refractivity contribution in [3.8, 4) is 0 Å². The third-order valence-corrected chi connectivity index (χ3v) is 4.20. The summed E-state index contributed by atoms with van der Waals surface area (Å²) in [5.41, 5.74) is 0.350. The van der Waals surface area contributed by atoms with Crippen molar-refractivity contribution >= 4 is 11.9 Å². The third-order valence-electron chi connectivity index (χ3n) is 4.20. The zero-order chi connectivity index (χ0) is 16.4. The maximum Gasteiger partial charge on any atom is 0.221 e. The van der Waals surface area contributed by atoms with Crippen LogP contribution in [0.1, 0.15) is 46.0 Å². The molecule has 0 aliphatic heterocycles. The molecule has 0 aromatic carbocycles. The molecule has 128 valence electrons. The van der Waals surface area contributed by atoms with Gasteiger partial charge in [0.05, 0.1) is 0 Å². The highest BCUT2D eigenvalue weighted by Crippen LogP contribution is 2.43. The second-order valence-electron chi connectivity index (χ2n) is 6.42. The monoisotopic (exact) mass is 312 g/mol. The highest BCUT2D eigenvalue weighted by atomic mass is 16.5. The average molecular weight is 312 g/mol. The molecule has 0 saturated heterocycles. The molecular weight excluding hydrogens is 280 g/mol. The van der Waals surface area contributed by atoms with E-state index in [1.54, 1.807) is 14.2 Å². The lowest BCUT2D eigenvalue weighted by Crippen LogP contribution is -2.47. The van der Waals surface area contributed by atoms with Crippen LogP contribution in [0.25, 0.3) is 0 Å². The topological polar surface area (TPSA) is 74.8 Å². The molecule has 3 N–H and O–H groups in total. The summed E-state index contributed by atoms with van der Waals surface area (Å²) in [4.78, 5) is 15.8. The van der Waals surface area contributed by atoms with Gasteiger partial charge in [-0.15, -0.1) is 0 Å². The number of carbonyl (C=O) groups excluding carboxylic acids is 1. The Bertz CT molecular complexity index is 365. The number of methoxy groups -OCH3 is 1. The number of carbonyl (C=O) groups is 1. The van der Waals surface area contributed by atoms with Crippen LogP contribution in [0.4, 0.5) is 0 Å². The van der Waals surface area contributed by atoms with Crippen molar-refractivity contribution in [2.24, 2.45) is 10.4 Å². The fourth-order valence-corrected chi connectivity index (χ4v) is 2.69. The zero-order valence-electron chi connectivity index (χ0n) is 14.5. The number of nitrogens with one attached hydrogen (secondary N) is 3. The van der Waals surface area contributed by atoms with Crippen LogP contribution in [0.3, 0.4) is 0 Å². The Labute approximate surface area is 134 Å². The summed E-state index contributed by atoms with van der Waals surface area (Å²) in [5, 5.41) is 9.46. The van der Waals surface area contributed by atoms with E-state index in [9.17, 15) is 4.79 Å². The van der Waals surface area contributed by atoms with Gasteiger partial charge in [-0.3, -0.25) is 9.79 Å². The zero-order valence-corrected chi connectivity index (χ0v) is 14.5. The molecule has 1 rings (SSSR count). The minimum absolute atomic E-state index is 0.0634. The first kappa shape index (κ1) is 18.7. The van der Waals surface area contributed by atoms with Gasteiger partial charge in [-0.2, -0.15) is 0 Å². The first-order chi connectivity index (χ1) is 10.5. The molecule has 6 heteroatoms. The highest BCUT2D eigenvalue weighted by Gasteiger charge is 2.36. The van der Waals surface area contributed by atoms with Crippen LogP contribution in [0.15, 0.2) is 4.99 Å². The standard InChI is InChI=1S/C16H32N4O2/c1-13(2)20-14(21)6-10-18-15(17-3)19-12-16(7-5-8-16)9-11-22-4/h13H,5-12H2,1-4H3,(H,20,21)(H2,17,18,19). The van der Waals surface area contributed by atoms with Crippen molar-refractivity contribution in [3.05, 3.63) is 0 Å². The quantitative estimate of drug-likeness (QED) is 0.443. The van der Waals surface area contributed by atoms with Crippen molar-refractivity contribution in [1.29, 1.82) is 0 Å². The molecule has 0 bridgehead atoms. The number of hydrogen-bond acceptors (Lipinski definition) is 3. The smallest absolute Gasteiger partial charge is 0.221 e. The van der Waals surface area contributed by atoms with Gasteiger partial charge >= 0.3 is 0 Å². The lowest BCUT2D eigenvalue weighted by Gasteiger charge is -2.42. The molecule has 1 fully saturated rings. The van der Waals surface area contributed by atoms with Gasteiger partial charge in [-0.25, -0.2) is 0 Å². The number of amides is 1. The van der Waals surface area contributed by atoms with Gasteiger partial charge in [-0.1, -0.05) is 6.42 Å². The fraction of sp³-hybridized carbons (Fsp3) is 0.875. The van der Waals surface area contributed by atoms with Gasteiger partial charge < -0.3 is 20.7 Å². The van der Waals surface area contributed by atoms with E-state index in [2.05, 4.69) is 20.9 Å². The van der Waals surface area contributed by atoms with Crippen LogP contribution in [0.5, 0.6) is 0 Å². The van der Waals surface area contributed by atoms with Crippen LogP contribution < -0.4 is 16.0 Å². The molecule has 0 aromatic heterocycles. The Morgan fingerprint density at radius 1 is 1.32 bits per heavy atom. The molecule has 6 nitrogen and oxygen atoms in total. The van der Waals surface area contributed by atoms with Crippen LogP contribution in [-0.2, 0) is 9.53 Å². The fourth-order valence-electron chi connectivity index (χ4n) is 2.69. The van der Waals surface area contributed by atoms with E-state index in [0.29, 0.717) is 18.4 Å². The van der Waals surface area contributed by atoms with Gasteiger partial charge in [0.2, 0.25) is 5.91 Å². The summed E-state index contributed by atoms with van der Waals surface area (Å²) < 4.78 is 5.21. The SMILES string of the molecule is CN=C(NCCC(=O)NC(C)C)NCC1(CCOC)CCC1. The predicted molar refractivity (Wildman–Crippen MR) is 90.0 cm³/mol. The van der Waals surface area contributed by atoms with Crippen molar-refractivity contribution in [3.63, 3.8) is 0 Å². The van der Waals surface area contributed by atoms with E-state index < -0.39 is 0 Å². The Kier molecular flexibility index (Phi) is 8.24. The summed E-state index contributed by atoms with van der Waals surface area (Å²) >= 11 is 0. The van der Waals surface area contributed by atoms with E-state index in [-0.39, 0.29) is 11.9 Å². The summed E-state index contributed by atoms with van der Waals surface area (Å²) in [6.45, 7) is 6.23. The van der Waals surface area contributed by atoms with Crippen molar-refractivity contribution in [1.82, 2.24) is 16.0 Å². The third kappa shape index (κ3) is 6.64. The number of rotatable bonds is 9. The molecule has 0 spiro atoms. The molecule has 1 saturated carbocycles.